The highest BCUT2D eigenvalue weighted by Gasteiger charge is 2.44. The van der Waals surface area contributed by atoms with Crippen molar-refractivity contribution in [1.29, 1.82) is 0 Å². The van der Waals surface area contributed by atoms with Crippen molar-refractivity contribution in [3.63, 3.8) is 0 Å². The van der Waals surface area contributed by atoms with Gasteiger partial charge in [-0.2, -0.15) is 4.99 Å². The van der Waals surface area contributed by atoms with E-state index in [1.54, 1.807) is 19.1 Å². The number of anilines is 1. The van der Waals surface area contributed by atoms with Gasteiger partial charge >= 0.3 is 5.97 Å². The fourth-order valence-electron chi connectivity index (χ4n) is 3.56. The Morgan fingerprint density at radius 2 is 1.85 bits per heavy atom. The van der Waals surface area contributed by atoms with Crippen LogP contribution in [0.4, 0.5) is 5.69 Å². The topological polar surface area (TPSA) is 106 Å². The Bertz CT molecular complexity index is 764. The Hall–Kier alpha value is -1.61. The van der Waals surface area contributed by atoms with Crippen LogP contribution in [0.25, 0.3) is 0 Å². The minimum absolute atomic E-state index is 0.205. The van der Waals surface area contributed by atoms with Crippen molar-refractivity contribution in [2.24, 2.45) is 21.5 Å². The SMILES string of the molecule is CCOC(=O)c1cc(Br)c(N2C(N)=NC(N)=NC23CCCCC3)c(Br)c1. The average molecular weight is 487 g/mol. The van der Waals surface area contributed by atoms with Crippen LogP contribution in [0.2, 0.25) is 0 Å². The number of guanidine groups is 2. The van der Waals surface area contributed by atoms with Crippen molar-refractivity contribution < 1.29 is 9.53 Å². The Kier molecular flexibility index (Phi) is 5.57. The van der Waals surface area contributed by atoms with Crippen LogP contribution >= 0.6 is 31.9 Å². The first-order chi connectivity index (χ1) is 12.4. The Morgan fingerprint density at radius 3 is 2.42 bits per heavy atom. The number of carbonyl (C=O) groups excluding carboxylic acids is 1. The summed E-state index contributed by atoms with van der Waals surface area (Å²) in [4.78, 5) is 22.8. The number of nitrogens with zero attached hydrogens (tertiary/aromatic N) is 3. The molecule has 0 unspecified atom stereocenters. The summed E-state index contributed by atoms with van der Waals surface area (Å²) in [5, 5.41) is 0. The van der Waals surface area contributed by atoms with Crippen LogP contribution in [0.15, 0.2) is 31.1 Å². The minimum atomic E-state index is -0.551. The maximum absolute atomic E-state index is 12.1. The van der Waals surface area contributed by atoms with Gasteiger partial charge in [-0.25, -0.2) is 9.79 Å². The van der Waals surface area contributed by atoms with Crippen LogP contribution in [-0.2, 0) is 4.74 Å². The van der Waals surface area contributed by atoms with Crippen molar-refractivity contribution >= 4 is 55.4 Å². The summed E-state index contributed by atoms with van der Waals surface area (Å²) >= 11 is 7.15. The lowest BCUT2D eigenvalue weighted by atomic mass is 9.87. The lowest BCUT2D eigenvalue weighted by molar-refractivity contribution is 0.0526. The van der Waals surface area contributed by atoms with Crippen LogP contribution in [0.5, 0.6) is 0 Å². The molecule has 9 heteroatoms. The van der Waals surface area contributed by atoms with Crippen molar-refractivity contribution in [2.45, 2.75) is 44.7 Å². The van der Waals surface area contributed by atoms with Gasteiger partial charge in [-0.3, -0.25) is 4.90 Å². The standard InChI is InChI=1S/C17H21Br2N5O2/c1-2-26-14(25)10-8-11(18)13(12(19)9-10)24-16(21)22-15(20)23-17(24)6-4-3-5-7-17/h8-9H,2-7H2,1H3,(H4,20,21,22,23). The molecular weight excluding hydrogens is 466 g/mol. The molecule has 1 spiro atoms. The van der Waals surface area contributed by atoms with Gasteiger partial charge in [0, 0.05) is 8.95 Å². The molecule has 2 aliphatic rings. The van der Waals surface area contributed by atoms with Crippen LogP contribution in [-0.4, -0.2) is 30.2 Å². The highest BCUT2D eigenvalue weighted by atomic mass is 79.9. The van der Waals surface area contributed by atoms with Gasteiger partial charge < -0.3 is 16.2 Å². The van der Waals surface area contributed by atoms with Crippen LogP contribution in [0.1, 0.15) is 49.4 Å². The number of halogens is 2. The van der Waals surface area contributed by atoms with E-state index in [0.29, 0.717) is 27.1 Å². The molecule has 1 aromatic carbocycles. The number of ether oxygens (including phenoxy) is 1. The lowest BCUT2D eigenvalue weighted by Crippen LogP contribution is -2.58. The van der Waals surface area contributed by atoms with E-state index in [1.165, 1.54) is 0 Å². The number of aliphatic imine (C=N–C) groups is 2. The molecule has 4 N–H and O–H groups in total. The maximum Gasteiger partial charge on any atom is 0.338 e. The molecule has 0 bridgehead atoms. The van der Waals surface area contributed by atoms with Gasteiger partial charge in [0.05, 0.1) is 17.9 Å². The van der Waals surface area contributed by atoms with E-state index in [1.807, 2.05) is 4.90 Å². The third-order valence-electron chi connectivity index (χ3n) is 4.60. The summed E-state index contributed by atoms with van der Waals surface area (Å²) in [6.07, 6.45) is 4.91. The summed E-state index contributed by atoms with van der Waals surface area (Å²) in [6, 6.07) is 3.45. The summed E-state index contributed by atoms with van der Waals surface area (Å²) < 4.78 is 6.49. The molecule has 1 saturated carbocycles. The van der Waals surface area contributed by atoms with Gasteiger partial charge in [-0.1, -0.05) is 6.42 Å². The second-order valence-electron chi connectivity index (χ2n) is 6.33. The second-order valence-corrected chi connectivity index (χ2v) is 8.04. The van der Waals surface area contributed by atoms with E-state index in [0.717, 1.165) is 37.8 Å². The largest absolute Gasteiger partial charge is 0.462 e. The number of rotatable bonds is 3. The van der Waals surface area contributed by atoms with Crippen molar-refractivity contribution in [1.82, 2.24) is 0 Å². The van der Waals surface area contributed by atoms with Gasteiger partial charge in [-0.05, 0) is 76.6 Å². The molecular formula is C17H21Br2N5O2. The van der Waals surface area contributed by atoms with Crippen LogP contribution in [0, 0.1) is 0 Å². The molecule has 1 heterocycles. The zero-order valence-corrected chi connectivity index (χ0v) is 17.6. The molecule has 1 aliphatic heterocycles. The van der Waals surface area contributed by atoms with E-state index in [9.17, 15) is 4.79 Å². The highest BCUT2D eigenvalue weighted by molar-refractivity contribution is 9.11. The fourth-order valence-corrected chi connectivity index (χ4v) is 5.10. The lowest BCUT2D eigenvalue weighted by Gasteiger charge is -2.46. The third-order valence-corrected chi connectivity index (χ3v) is 5.81. The zero-order chi connectivity index (χ0) is 18.9. The number of carbonyl (C=O) groups is 1. The third kappa shape index (κ3) is 3.46. The molecule has 0 radical (unpaired) electrons. The predicted octanol–water partition coefficient (Wildman–Crippen LogP) is 3.50. The molecule has 0 amide bonds. The summed E-state index contributed by atoms with van der Waals surface area (Å²) in [6.45, 7) is 2.09. The van der Waals surface area contributed by atoms with Crippen LogP contribution in [0.3, 0.4) is 0 Å². The molecule has 0 aromatic heterocycles. The molecule has 7 nitrogen and oxygen atoms in total. The number of nitrogens with two attached hydrogens (primary N) is 2. The quantitative estimate of drug-likeness (QED) is 0.636. The highest BCUT2D eigenvalue weighted by Crippen LogP contribution is 2.45. The minimum Gasteiger partial charge on any atom is -0.462 e. The van der Waals surface area contributed by atoms with E-state index in [-0.39, 0.29) is 11.9 Å². The Morgan fingerprint density at radius 1 is 1.23 bits per heavy atom. The first kappa shape index (κ1) is 19.2. The molecule has 26 heavy (non-hydrogen) atoms. The molecule has 1 aliphatic carbocycles. The maximum atomic E-state index is 12.1. The molecule has 140 valence electrons. The smallest absolute Gasteiger partial charge is 0.338 e. The van der Waals surface area contributed by atoms with Crippen molar-refractivity contribution in [2.75, 3.05) is 11.5 Å². The first-order valence-corrected chi connectivity index (χ1v) is 10.1. The summed E-state index contributed by atoms with van der Waals surface area (Å²) in [5.74, 6) is 0.121. The average Bonchev–Trinajstić information content (AvgIpc) is 2.57. The van der Waals surface area contributed by atoms with Crippen molar-refractivity contribution in [3.05, 3.63) is 26.6 Å². The molecule has 1 fully saturated rings. The van der Waals surface area contributed by atoms with Gasteiger partial charge in [0.15, 0.2) is 0 Å². The normalized spacial score (nSPS) is 19.1. The van der Waals surface area contributed by atoms with Gasteiger partial charge in [0.25, 0.3) is 0 Å². The summed E-state index contributed by atoms with van der Waals surface area (Å²) in [7, 11) is 0. The Balaban J connectivity index is 2.09. The molecule has 0 saturated heterocycles. The Labute approximate surface area is 169 Å². The van der Waals surface area contributed by atoms with E-state index in [4.69, 9.17) is 16.2 Å². The zero-order valence-electron chi connectivity index (χ0n) is 14.5. The number of hydrogen-bond donors (Lipinski definition) is 2. The number of benzene rings is 1. The van der Waals surface area contributed by atoms with E-state index < -0.39 is 5.66 Å². The fraction of sp³-hybridized carbons (Fsp3) is 0.471. The summed E-state index contributed by atoms with van der Waals surface area (Å²) in [5.41, 5.74) is 12.9. The van der Waals surface area contributed by atoms with Gasteiger partial charge in [-0.15, -0.1) is 0 Å². The van der Waals surface area contributed by atoms with Crippen LogP contribution < -0.4 is 16.4 Å². The van der Waals surface area contributed by atoms with Gasteiger partial charge in [0.1, 0.15) is 5.66 Å². The molecule has 3 rings (SSSR count). The first-order valence-electron chi connectivity index (χ1n) is 8.54. The second kappa shape index (κ2) is 7.56. The van der Waals surface area contributed by atoms with E-state index >= 15 is 0 Å². The monoisotopic (exact) mass is 485 g/mol. The van der Waals surface area contributed by atoms with E-state index in [2.05, 4.69) is 41.8 Å². The molecule has 1 aromatic rings. The molecule has 0 atom stereocenters. The van der Waals surface area contributed by atoms with Crippen molar-refractivity contribution in [3.8, 4) is 0 Å². The van der Waals surface area contributed by atoms with Gasteiger partial charge in [0.2, 0.25) is 11.9 Å². The predicted molar refractivity (Wildman–Crippen MR) is 109 cm³/mol. The number of esters is 1. The number of hydrogen-bond acceptors (Lipinski definition) is 7.